The van der Waals surface area contributed by atoms with E-state index < -0.39 is 6.61 Å². The standard InChI is InChI=1S/C16H21ClF2N2O2/c1-21(12-5-3-2-4-6-12)10-15(22)20-11-7-8-14(13(17)9-11)23-16(18)19/h7-9,12,16H,2-6,10H2,1H3,(H,20,22). The number of carbonyl (C=O) groups excluding carboxylic acids is 1. The highest BCUT2D eigenvalue weighted by Crippen LogP contribution is 2.29. The number of nitrogens with one attached hydrogen (secondary N) is 1. The van der Waals surface area contributed by atoms with E-state index in [9.17, 15) is 13.6 Å². The predicted octanol–water partition coefficient (Wildman–Crippen LogP) is 4.14. The average molecular weight is 347 g/mol. The highest BCUT2D eigenvalue weighted by Gasteiger charge is 2.20. The first-order valence-corrected chi connectivity index (χ1v) is 8.08. The molecule has 0 unspecified atom stereocenters. The molecule has 1 amide bonds. The average Bonchev–Trinajstić information content (AvgIpc) is 2.50. The lowest BCUT2D eigenvalue weighted by molar-refractivity contribution is -0.117. The van der Waals surface area contributed by atoms with Crippen molar-refractivity contribution in [2.45, 2.75) is 44.8 Å². The van der Waals surface area contributed by atoms with Gasteiger partial charge < -0.3 is 10.1 Å². The van der Waals surface area contributed by atoms with E-state index in [1.807, 2.05) is 7.05 Å². The first-order valence-electron chi connectivity index (χ1n) is 7.70. The minimum absolute atomic E-state index is 0.0312. The smallest absolute Gasteiger partial charge is 0.387 e. The topological polar surface area (TPSA) is 41.6 Å². The summed E-state index contributed by atoms with van der Waals surface area (Å²) in [4.78, 5) is 14.2. The van der Waals surface area contributed by atoms with Gasteiger partial charge >= 0.3 is 6.61 Å². The predicted molar refractivity (Wildman–Crippen MR) is 86.2 cm³/mol. The first-order chi connectivity index (χ1) is 11.0. The Kier molecular flexibility index (Phi) is 6.59. The Morgan fingerprint density at radius 2 is 2.09 bits per heavy atom. The summed E-state index contributed by atoms with van der Waals surface area (Å²) in [6.07, 6.45) is 5.92. The molecule has 0 aromatic heterocycles. The molecule has 23 heavy (non-hydrogen) atoms. The Morgan fingerprint density at radius 3 is 2.70 bits per heavy atom. The van der Waals surface area contributed by atoms with Gasteiger partial charge in [0.15, 0.2) is 0 Å². The molecule has 1 aliphatic carbocycles. The van der Waals surface area contributed by atoms with Crippen LogP contribution in [0.15, 0.2) is 18.2 Å². The van der Waals surface area contributed by atoms with Crippen LogP contribution in [0.25, 0.3) is 0 Å². The van der Waals surface area contributed by atoms with Crippen molar-refractivity contribution >= 4 is 23.2 Å². The minimum atomic E-state index is -2.93. The van der Waals surface area contributed by atoms with Gasteiger partial charge in [-0.15, -0.1) is 0 Å². The van der Waals surface area contributed by atoms with Gasteiger partial charge in [-0.05, 0) is 38.1 Å². The summed E-state index contributed by atoms with van der Waals surface area (Å²) in [5.74, 6) is -0.268. The Balaban J connectivity index is 1.88. The van der Waals surface area contributed by atoms with Crippen molar-refractivity contribution in [1.82, 2.24) is 4.90 Å². The van der Waals surface area contributed by atoms with E-state index in [0.29, 0.717) is 11.7 Å². The molecule has 1 aromatic carbocycles. The molecule has 0 bridgehead atoms. The van der Waals surface area contributed by atoms with Crippen LogP contribution in [-0.2, 0) is 4.79 Å². The van der Waals surface area contributed by atoms with Crippen LogP contribution in [0.2, 0.25) is 5.02 Å². The number of rotatable bonds is 6. The molecule has 128 valence electrons. The molecule has 2 rings (SSSR count). The number of halogens is 3. The normalized spacial score (nSPS) is 15.9. The first kappa shape index (κ1) is 17.9. The summed E-state index contributed by atoms with van der Waals surface area (Å²) in [6.45, 7) is -2.64. The summed E-state index contributed by atoms with van der Waals surface area (Å²) >= 11 is 5.86. The maximum Gasteiger partial charge on any atom is 0.387 e. The Bertz CT molecular complexity index is 537. The third-order valence-corrected chi connectivity index (χ3v) is 4.32. The summed E-state index contributed by atoms with van der Waals surface area (Å²) in [6, 6.07) is 4.65. The van der Waals surface area contributed by atoms with Gasteiger partial charge in [0, 0.05) is 11.7 Å². The highest BCUT2D eigenvalue weighted by molar-refractivity contribution is 6.32. The van der Waals surface area contributed by atoms with Crippen LogP contribution in [0.1, 0.15) is 32.1 Å². The molecule has 1 fully saturated rings. The van der Waals surface area contributed by atoms with Crippen molar-refractivity contribution in [3.8, 4) is 5.75 Å². The second-order valence-corrected chi connectivity index (χ2v) is 6.19. The number of likely N-dealkylation sites (N-methyl/N-ethyl adjacent to an activating group) is 1. The minimum Gasteiger partial charge on any atom is -0.433 e. The van der Waals surface area contributed by atoms with Crippen molar-refractivity contribution in [1.29, 1.82) is 0 Å². The number of ether oxygens (including phenoxy) is 1. The van der Waals surface area contributed by atoms with Gasteiger partial charge in [0.1, 0.15) is 5.75 Å². The molecule has 4 nitrogen and oxygen atoms in total. The van der Waals surface area contributed by atoms with Crippen LogP contribution in [0, 0.1) is 0 Å². The summed E-state index contributed by atoms with van der Waals surface area (Å²) in [5, 5.41) is 2.76. The maximum atomic E-state index is 12.2. The zero-order valence-electron chi connectivity index (χ0n) is 13.0. The SMILES string of the molecule is CN(CC(=O)Nc1ccc(OC(F)F)c(Cl)c1)C1CCCCC1. The summed E-state index contributed by atoms with van der Waals surface area (Å²) in [7, 11) is 1.95. The van der Waals surface area contributed by atoms with Crippen molar-refractivity contribution < 1.29 is 18.3 Å². The number of alkyl halides is 2. The van der Waals surface area contributed by atoms with Crippen LogP contribution in [0.4, 0.5) is 14.5 Å². The van der Waals surface area contributed by atoms with Crippen LogP contribution in [-0.4, -0.2) is 37.1 Å². The lowest BCUT2D eigenvalue weighted by Gasteiger charge is -2.30. The van der Waals surface area contributed by atoms with Gasteiger partial charge in [0.05, 0.1) is 11.6 Å². The molecule has 1 aromatic rings. The number of hydrogen-bond donors (Lipinski definition) is 1. The molecule has 0 atom stereocenters. The van der Waals surface area contributed by atoms with Crippen molar-refractivity contribution in [2.75, 3.05) is 18.9 Å². The van der Waals surface area contributed by atoms with E-state index in [1.165, 1.54) is 37.5 Å². The van der Waals surface area contributed by atoms with E-state index in [4.69, 9.17) is 11.6 Å². The second-order valence-electron chi connectivity index (χ2n) is 5.78. The van der Waals surface area contributed by atoms with E-state index in [0.717, 1.165) is 12.8 Å². The van der Waals surface area contributed by atoms with Gasteiger partial charge in [0.25, 0.3) is 0 Å². The van der Waals surface area contributed by atoms with Crippen LogP contribution in [0.3, 0.4) is 0 Å². The summed E-state index contributed by atoms with van der Waals surface area (Å²) < 4.78 is 28.6. The zero-order valence-corrected chi connectivity index (χ0v) is 13.8. The van der Waals surface area contributed by atoms with Crippen molar-refractivity contribution in [2.24, 2.45) is 0 Å². The number of amides is 1. The highest BCUT2D eigenvalue weighted by atomic mass is 35.5. The van der Waals surface area contributed by atoms with E-state index in [-0.39, 0.29) is 23.2 Å². The lowest BCUT2D eigenvalue weighted by atomic mass is 9.94. The maximum absolute atomic E-state index is 12.2. The van der Waals surface area contributed by atoms with Crippen molar-refractivity contribution in [3.05, 3.63) is 23.2 Å². The van der Waals surface area contributed by atoms with E-state index in [2.05, 4.69) is 15.0 Å². The van der Waals surface area contributed by atoms with Crippen LogP contribution >= 0.6 is 11.6 Å². The van der Waals surface area contributed by atoms with Crippen molar-refractivity contribution in [3.63, 3.8) is 0 Å². The number of benzene rings is 1. The van der Waals surface area contributed by atoms with E-state index in [1.54, 1.807) is 0 Å². The molecule has 0 saturated heterocycles. The number of nitrogens with zero attached hydrogens (tertiary/aromatic N) is 1. The number of hydrogen-bond acceptors (Lipinski definition) is 3. The fraction of sp³-hybridized carbons (Fsp3) is 0.562. The monoisotopic (exact) mass is 346 g/mol. The quantitative estimate of drug-likeness (QED) is 0.841. The molecule has 0 radical (unpaired) electrons. The number of carbonyl (C=O) groups is 1. The molecular formula is C16H21ClF2N2O2. The molecule has 0 heterocycles. The summed E-state index contributed by atoms with van der Waals surface area (Å²) in [5.41, 5.74) is 0.457. The molecule has 0 aliphatic heterocycles. The molecule has 1 saturated carbocycles. The zero-order chi connectivity index (χ0) is 16.8. The molecule has 1 aliphatic rings. The Morgan fingerprint density at radius 1 is 1.39 bits per heavy atom. The molecular weight excluding hydrogens is 326 g/mol. The second kappa shape index (κ2) is 8.45. The van der Waals surface area contributed by atoms with E-state index >= 15 is 0 Å². The van der Waals surface area contributed by atoms with Gasteiger partial charge in [0.2, 0.25) is 5.91 Å². The Hall–Kier alpha value is -1.40. The third kappa shape index (κ3) is 5.62. The van der Waals surface area contributed by atoms with Crippen LogP contribution < -0.4 is 10.1 Å². The van der Waals surface area contributed by atoms with Gasteiger partial charge in [-0.25, -0.2) is 0 Å². The van der Waals surface area contributed by atoms with Crippen LogP contribution in [0.5, 0.6) is 5.75 Å². The molecule has 7 heteroatoms. The number of anilines is 1. The molecule has 0 spiro atoms. The largest absolute Gasteiger partial charge is 0.433 e. The lowest BCUT2D eigenvalue weighted by Crippen LogP contribution is -2.39. The molecule has 1 N–H and O–H groups in total. The Labute approximate surface area is 139 Å². The van der Waals surface area contributed by atoms with Gasteiger partial charge in [-0.2, -0.15) is 8.78 Å². The fourth-order valence-corrected chi connectivity index (χ4v) is 3.07. The fourth-order valence-electron chi connectivity index (χ4n) is 2.85. The van der Waals surface area contributed by atoms with Gasteiger partial charge in [-0.3, -0.25) is 9.69 Å². The van der Waals surface area contributed by atoms with Gasteiger partial charge in [-0.1, -0.05) is 30.9 Å². The third-order valence-electron chi connectivity index (χ3n) is 4.02.